The number of carbonyl (C=O) groups excluding carboxylic acids is 2. The van der Waals surface area contributed by atoms with Crippen LogP contribution < -0.4 is 10.6 Å². The van der Waals surface area contributed by atoms with Crippen LogP contribution in [0.1, 0.15) is 28.4 Å². The number of carboxylic acid groups (broad SMARTS) is 1. The molecule has 0 aliphatic heterocycles. The number of rotatable bonds is 9. The average molecular weight is 461 g/mol. The lowest BCUT2D eigenvalue weighted by molar-refractivity contribution is -0.143. The second-order valence-corrected chi connectivity index (χ2v) is 7.41. The normalized spacial score (nSPS) is 13.6. The molecule has 0 aromatic heterocycles. The number of aliphatic hydroxyl groups is 1. The summed E-state index contributed by atoms with van der Waals surface area (Å²) in [4.78, 5) is 36.5. The van der Waals surface area contributed by atoms with E-state index in [4.69, 9.17) is 0 Å². The molecule has 0 aliphatic carbocycles. The first-order valence-electron chi connectivity index (χ1n) is 8.75. The quantitative estimate of drug-likeness (QED) is 0.458. The van der Waals surface area contributed by atoms with Crippen LogP contribution in [0.4, 0.5) is 0 Å². The molecule has 7 nitrogen and oxygen atoms in total. The number of aliphatic carboxylic acids is 1. The minimum absolute atomic E-state index is 0.0554. The van der Waals surface area contributed by atoms with Gasteiger partial charge in [0.2, 0.25) is 0 Å². The fourth-order valence-corrected chi connectivity index (χ4v) is 2.97. The van der Waals surface area contributed by atoms with Gasteiger partial charge in [-0.15, -0.1) is 0 Å². The molecule has 0 radical (unpaired) electrons. The zero-order valence-electron chi connectivity index (χ0n) is 15.4. The highest BCUT2D eigenvalue weighted by Crippen LogP contribution is 2.19. The van der Waals surface area contributed by atoms with E-state index in [1.807, 2.05) is 0 Å². The van der Waals surface area contributed by atoms with Gasteiger partial charge in [0.15, 0.2) is 6.10 Å². The molecule has 0 heterocycles. The average Bonchev–Trinajstić information content (AvgIpc) is 2.71. The first-order valence-corrected chi connectivity index (χ1v) is 9.54. The van der Waals surface area contributed by atoms with Crippen molar-refractivity contribution < 1.29 is 24.6 Å². The minimum Gasteiger partial charge on any atom is -0.480 e. The molecule has 2 rings (SSSR count). The number of hydrogen-bond acceptors (Lipinski definition) is 4. The molecule has 0 saturated heterocycles. The van der Waals surface area contributed by atoms with Crippen molar-refractivity contribution in [3.63, 3.8) is 0 Å². The molecule has 0 spiro atoms. The zero-order chi connectivity index (χ0) is 21.4. The molecule has 2 aromatic rings. The maximum atomic E-state index is 12.6. The van der Waals surface area contributed by atoms with Gasteiger partial charge in [0, 0.05) is 12.0 Å². The van der Waals surface area contributed by atoms with Gasteiger partial charge < -0.3 is 20.8 Å². The molecule has 4 N–H and O–H groups in total. The van der Waals surface area contributed by atoms with Crippen molar-refractivity contribution in [3.05, 3.63) is 82.9 Å². The Balaban J connectivity index is 2.23. The van der Waals surface area contributed by atoms with E-state index in [2.05, 4.69) is 33.1 Å². The Kier molecular flexibility index (Phi) is 8.11. The highest BCUT2D eigenvalue weighted by molar-refractivity contribution is 9.11. The Bertz CT molecular complexity index is 873. The van der Waals surface area contributed by atoms with Gasteiger partial charge in [-0.2, -0.15) is 0 Å². The maximum absolute atomic E-state index is 12.6. The summed E-state index contributed by atoms with van der Waals surface area (Å²) in [5, 5.41) is 24.8. The van der Waals surface area contributed by atoms with Crippen molar-refractivity contribution >= 4 is 33.7 Å². The number of nitrogens with one attached hydrogen (secondary N) is 2. The summed E-state index contributed by atoms with van der Waals surface area (Å²) in [7, 11) is 0. The van der Waals surface area contributed by atoms with E-state index in [1.54, 1.807) is 60.7 Å². The van der Waals surface area contributed by atoms with Crippen LogP contribution in [0.15, 0.2) is 71.7 Å². The van der Waals surface area contributed by atoms with Crippen LogP contribution in [0, 0.1) is 0 Å². The summed E-state index contributed by atoms with van der Waals surface area (Å²) in [6.45, 7) is 3.57. The summed E-state index contributed by atoms with van der Waals surface area (Å²) in [5.41, 5.74) is 0.858. The van der Waals surface area contributed by atoms with Crippen molar-refractivity contribution in [2.45, 2.75) is 24.6 Å². The molecule has 0 aliphatic rings. The molecule has 8 heteroatoms. The number of hydrogen-bond donors (Lipinski definition) is 4. The molecular weight excluding hydrogens is 440 g/mol. The molecular formula is C21H21BrN2O5. The molecule has 0 saturated carbocycles. The van der Waals surface area contributed by atoms with Crippen LogP contribution in [-0.4, -0.2) is 40.1 Å². The van der Waals surface area contributed by atoms with Crippen molar-refractivity contribution in [1.29, 1.82) is 0 Å². The van der Waals surface area contributed by atoms with Crippen molar-refractivity contribution in [3.8, 4) is 0 Å². The number of amides is 2. The predicted molar refractivity (Wildman–Crippen MR) is 111 cm³/mol. The molecule has 3 atom stereocenters. The maximum Gasteiger partial charge on any atom is 0.326 e. The lowest BCUT2D eigenvalue weighted by Crippen LogP contribution is -2.50. The fourth-order valence-electron chi connectivity index (χ4n) is 2.65. The largest absolute Gasteiger partial charge is 0.480 e. The smallest absolute Gasteiger partial charge is 0.326 e. The van der Waals surface area contributed by atoms with Crippen LogP contribution in [0.3, 0.4) is 0 Å². The van der Waals surface area contributed by atoms with Crippen LogP contribution in [0.25, 0.3) is 0 Å². The number of benzene rings is 2. The standard InChI is InChI=1S/C21H21BrN2O5/c1-13(22)12-16(21(28)29)23-20(27)18(25)17(14-8-4-2-5-9-14)24-19(26)15-10-6-3-7-11-15/h2-11,16-18,25H,1,12H2,(H,23,27)(H,24,26)(H,28,29)/t16-,17+,18-/m1/s1. The monoisotopic (exact) mass is 460 g/mol. The second kappa shape index (κ2) is 10.5. The molecule has 2 amide bonds. The third kappa shape index (κ3) is 6.55. The van der Waals surface area contributed by atoms with Gasteiger partial charge in [0.1, 0.15) is 6.04 Å². The van der Waals surface area contributed by atoms with Crippen molar-refractivity contribution in [2.24, 2.45) is 0 Å². The van der Waals surface area contributed by atoms with E-state index >= 15 is 0 Å². The van der Waals surface area contributed by atoms with Gasteiger partial charge in [-0.3, -0.25) is 9.59 Å². The highest BCUT2D eigenvalue weighted by atomic mass is 79.9. The summed E-state index contributed by atoms with van der Waals surface area (Å²) in [6.07, 6.45) is -1.77. The van der Waals surface area contributed by atoms with Gasteiger partial charge in [-0.1, -0.05) is 71.0 Å². The first-order chi connectivity index (χ1) is 13.8. The fraction of sp³-hybridized carbons (Fsp3) is 0.190. The SMILES string of the molecule is C=C(Br)C[C@@H](NC(=O)[C@H](O)[C@@H](NC(=O)c1ccccc1)c1ccccc1)C(=O)O. The van der Waals surface area contributed by atoms with Gasteiger partial charge in [0.25, 0.3) is 11.8 Å². The number of halogens is 1. The number of aliphatic hydroxyl groups excluding tert-OH is 1. The van der Waals surface area contributed by atoms with E-state index in [0.717, 1.165) is 0 Å². The Morgan fingerprint density at radius 2 is 1.52 bits per heavy atom. The third-order valence-corrected chi connectivity index (χ3v) is 4.43. The van der Waals surface area contributed by atoms with Crippen LogP contribution >= 0.6 is 15.9 Å². The highest BCUT2D eigenvalue weighted by Gasteiger charge is 2.32. The first kappa shape index (κ1) is 22.3. The molecule has 0 fully saturated rings. The Labute approximate surface area is 176 Å². The molecule has 0 unspecified atom stereocenters. The minimum atomic E-state index is -1.71. The number of carboxylic acids is 1. The van der Waals surface area contributed by atoms with Gasteiger partial charge in [-0.25, -0.2) is 4.79 Å². The van der Waals surface area contributed by atoms with Crippen molar-refractivity contribution in [1.82, 2.24) is 10.6 Å². The van der Waals surface area contributed by atoms with E-state index in [9.17, 15) is 24.6 Å². The zero-order valence-corrected chi connectivity index (χ0v) is 17.0. The lowest BCUT2D eigenvalue weighted by atomic mass is 9.99. The lowest BCUT2D eigenvalue weighted by Gasteiger charge is -2.25. The summed E-state index contributed by atoms with van der Waals surface area (Å²) < 4.78 is 0.386. The van der Waals surface area contributed by atoms with E-state index < -0.39 is 36.0 Å². The molecule has 2 aromatic carbocycles. The van der Waals surface area contributed by atoms with E-state index in [-0.39, 0.29) is 6.42 Å². The van der Waals surface area contributed by atoms with Crippen LogP contribution in [-0.2, 0) is 9.59 Å². The van der Waals surface area contributed by atoms with Gasteiger partial charge in [-0.05, 0) is 22.2 Å². The topological polar surface area (TPSA) is 116 Å². The van der Waals surface area contributed by atoms with Gasteiger partial charge in [0.05, 0.1) is 6.04 Å². The Morgan fingerprint density at radius 1 is 0.966 bits per heavy atom. The Hall–Kier alpha value is -2.97. The summed E-state index contributed by atoms with van der Waals surface area (Å²) in [6, 6.07) is 14.5. The summed E-state index contributed by atoms with van der Waals surface area (Å²) >= 11 is 3.07. The van der Waals surface area contributed by atoms with E-state index in [0.29, 0.717) is 15.6 Å². The van der Waals surface area contributed by atoms with Crippen LogP contribution in [0.2, 0.25) is 0 Å². The third-order valence-electron chi connectivity index (χ3n) is 4.11. The van der Waals surface area contributed by atoms with Crippen LogP contribution in [0.5, 0.6) is 0 Å². The van der Waals surface area contributed by atoms with Crippen molar-refractivity contribution in [2.75, 3.05) is 0 Å². The second-order valence-electron chi connectivity index (χ2n) is 6.29. The number of carbonyl (C=O) groups is 3. The Morgan fingerprint density at radius 3 is 2.03 bits per heavy atom. The molecule has 152 valence electrons. The predicted octanol–water partition coefficient (Wildman–Crippen LogP) is 2.39. The van der Waals surface area contributed by atoms with E-state index in [1.165, 1.54) is 0 Å². The molecule has 0 bridgehead atoms. The summed E-state index contributed by atoms with van der Waals surface area (Å²) in [5.74, 6) is -2.67. The van der Waals surface area contributed by atoms with Gasteiger partial charge >= 0.3 is 5.97 Å². The molecule has 29 heavy (non-hydrogen) atoms.